The number of carbonyl (C=O) groups excluding carboxylic acids is 3. The zero-order valence-electron chi connectivity index (χ0n) is 34.5. The molecular weight excluding hydrogens is 793 g/mol. The Labute approximate surface area is 350 Å². The molecule has 316 valence electrons. The van der Waals surface area contributed by atoms with Gasteiger partial charge in [-0.05, 0) is 62.3 Å². The second-order valence-electron chi connectivity index (χ2n) is 17.0. The predicted octanol–water partition coefficient (Wildman–Crippen LogP) is 5.02. The number of nitrogens with one attached hydrogen (secondary N) is 2. The fraction of sp³-hybridized carbons (Fsp3) is 0.477. The van der Waals surface area contributed by atoms with Gasteiger partial charge >= 0.3 is 17.9 Å². The number of aromatic nitrogens is 1. The summed E-state index contributed by atoms with van der Waals surface area (Å²) in [6, 6.07) is 6.71. The summed E-state index contributed by atoms with van der Waals surface area (Å²) in [5.74, 6) is 0.101. The topological polar surface area (TPSA) is 181 Å². The molecule has 1 aromatic heterocycles. The number of fused-ring (bicyclic) bond motifs is 13. The third-order valence-electron chi connectivity index (χ3n) is 13.6. The fourth-order valence-corrected chi connectivity index (χ4v) is 12.6. The van der Waals surface area contributed by atoms with Crippen LogP contribution >= 0.6 is 11.8 Å². The molecule has 16 heteroatoms. The van der Waals surface area contributed by atoms with Crippen molar-refractivity contribution in [2.24, 2.45) is 0 Å². The number of aliphatic hydroxyl groups is 1. The van der Waals surface area contributed by atoms with Crippen molar-refractivity contribution in [1.29, 1.82) is 0 Å². The molecule has 0 spiro atoms. The van der Waals surface area contributed by atoms with Gasteiger partial charge in [-0.25, -0.2) is 4.79 Å². The molecule has 2 saturated heterocycles. The molecule has 6 aliphatic heterocycles. The molecule has 4 N–H and O–H groups in total. The molecule has 2 bridgehead atoms. The minimum Gasteiger partial charge on any atom is -0.504 e. The van der Waals surface area contributed by atoms with Gasteiger partial charge in [-0.3, -0.25) is 24.7 Å². The number of aromatic amines is 1. The Morgan fingerprint density at radius 2 is 1.78 bits per heavy atom. The van der Waals surface area contributed by atoms with Crippen LogP contribution in [0.1, 0.15) is 95.2 Å². The first-order valence-corrected chi connectivity index (χ1v) is 21.5. The lowest BCUT2D eigenvalue weighted by Crippen LogP contribution is -2.66. The second-order valence-corrected chi connectivity index (χ2v) is 18.0. The standard InChI is InChI=1S/C44H48N4O11S/c1-19-12-26-29(36(51)37(19)54-6)34-35-41(60-7)31-30(40-39(57-18-58-40)20(2)38(31)59-22(4)50)28(48(35)44(53)16-43(26,5)47(34)17-44)15-56-42(52)33-32-25(13-23(45-33)14-55-21(3)49)24-10-8-9-11-27(24)46-32/h8-12,23,28,33-35,41,45-46,51,53H,13-18H2,1-7H3/t23-,28-,33+,34+,35?,41+,43+,44-/m0/s1. The molecule has 0 amide bonds. The number of thioether (sulfide) groups is 1. The van der Waals surface area contributed by atoms with E-state index < -0.39 is 58.6 Å². The van der Waals surface area contributed by atoms with Crippen molar-refractivity contribution in [1.82, 2.24) is 20.1 Å². The molecule has 10 rings (SSSR count). The molecular formula is C44H48N4O11S. The third-order valence-corrected chi connectivity index (χ3v) is 14.7. The number of hydrogen-bond acceptors (Lipinski definition) is 15. The minimum atomic E-state index is -1.44. The van der Waals surface area contributed by atoms with E-state index in [1.807, 2.05) is 44.4 Å². The fourth-order valence-electron chi connectivity index (χ4n) is 11.5. The summed E-state index contributed by atoms with van der Waals surface area (Å²) in [5.41, 5.74) is 4.64. The molecule has 1 unspecified atom stereocenters. The molecule has 6 aliphatic rings. The highest BCUT2D eigenvalue weighted by Crippen LogP contribution is 2.70. The van der Waals surface area contributed by atoms with E-state index in [-0.39, 0.29) is 44.8 Å². The number of methoxy groups -OCH3 is 1. The molecule has 7 heterocycles. The molecule has 4 aromatic rings. The first-order valence-electron chi connectivity index (χ1n) is 20.2. The van der Waals surface area contributed by atoms with Crippen molar-refractivity contribution in [2.45, 2.75) is 94.2 Å². The van der Waals surface area contributed by atoms with E-state index in [1.54, 1.807) is 18.9 Å². The summed E-state index contributed by atoms with van der Waals surface area (Å²) in [5, 5.41) is 29.2. The number of esters is 3. The minimum absolute atomic E-state index is 0.0510. The van der Waals surface area contributed by atoms with Crippen LogP contribution in [-0.2, 0) is 35.8 Å². The number of aromatic hydroxyl groups is 1. The van der Waals surface area contributed by atoms with Gasteiger partial charge in [0.25, 0.3) is 0 Å². The van der Waals surface area contributed by atoms with Crippen LogP contribution in [-0.4, -0.2) is 101 Å². The van der Waals surface area contributed by atoms with Gasteiger partial charge in [0, 0.05) is 83.3 Å². The summed E-state index contributed by atoms with van der Waals surface area (Å²) in [7, 11) is 1.54. The van der Waals surface area contributed by atoms with Crippen molar-refractivity contribution in [2.75, 3.05) is 39.9 Å². The Bertz CT molecular complexity index is 2520. The first kappa shape index (κ1) is 39.2. The molecule has 15 nitrogen and oxygen atoms in total. The Kier molecular flexibility index (Phi) is 8.98. The van der Waals surface area contributed by atoms with Crippen LogP contribution in [0.3, 0.4) is 0 Å². The number of nitrogens with zero attached hydrogens (tertiary/aromatic N) is 2. The molecule has 3 aromatic carbocycles. The van der Waals surface area contributed by atoms with Crippen molar-refractivity contribution in [3.8, 4) is 28.7 Å². The SMILES string of the molecule is COc1c(C)cc2c(c1O)[C@@H]1C3[C@H](SC)c4c(OC(C)=O)c(C)c5c(c4[C@H](COC(=O)[C@@H]4N[C@H](COC(C)=O)Cc6c4[nH]c4ccccc64)N3[C@@]3(O)CN1[C@]2(C)C3)OCO5. The van der Waals surface area contributed by atoms with Crippen LogP contribution in [0.25, 0.3) is 10.9 Å². The maximum absolute atomic E-state index is 14.7. The number of hydrogen-bond donors (Lipinski definition) is 4. The number of carbonyl (C=O) groups is 3. The average molecular weight is 841 g/mol. The Morgan fingerprint density at radius 1 is 1.02 bits per heavy atom. The number of piperazine rings is 1. The Hall–Kier alpha value is -5.00. The van der Waals surface area contributed by atoms with Crippen molar-refractivity contribution in [3.63, 3.8) is 0 Å². The molecule has 2 fully saturated rings. The quantitative estimate of drug-likeness (QED) is 0.137. The molecule has 60 heavy (non-hydrogen) atoms. The van der Waals surface area contributed by atoms with E-state index in [0.717, 1.165) is 33.2 Å². The summed E-state index contributed by atoms with van der Waals surface area (Å²) in [6.45, 7) is 8.52. The van der Waals surface area contributed by atoms with E-state index >= 15 is 0 Å². The number of benzene rings is 3. The van der Waals surface area contributed by atoms with Gasteiger partial charge in [0.05, 0.1) is 24.4 Å². The first-order chi connectivity index (χ1) is 28.7. The highest BCUT2D eigenvalue weighted by Gasteiger charge is 2.71. The molecule has 0 radical (unpaired) electrons. The van der Waals surface area contributed by atoms with Crippen LogP contribution in [0.5, 0.6) is 28.7 Å². The highest BCUT2D eigenvalue weighted by atomic mass is 32.2. The van der Waals surface area contributed by atoms with Gasteiger partial charge in [-0.2, -0.15) is 11.8 Å². The zero-order chi connectivity index (χ0) is 42.2. The summed E-state index contributed by atoms with van der Waals surface area (Å²) >= 11 is 1.54. The van der Waals surface area contributed by atoms with E-state index in [0.29, 0.717) is 51.8 Å². The number of phenols is 1. The summed E-state index contributed by atoms with van der Waals surface area (Å²) < 4.78 is 36.1. The summed E-state index contributed by atoms with van der Waals surface area (Å²) in [6.07, 6.45) is 2.78. The number of para-hydroxylation sites is 1. The van der Waals surface area contributed by atoms with Crippen molar-refractivity contribution in [3.05, 3.63) is 75.0 Å². The van der Waals surface area contributed by atoms with Crippen molar-refractivity contribution >= 4 is 40.6 Å². The van der Waals surface area contributed by atoms with E-state index in [4.69, 9.17) is 28.4 Å². The van der Waals surface area contributed by atoms with Crippen LogP contribution in [0.2, 0.25) is 0 Å². The van der Waals surface area contributed by atoms with Gasteiger partial charge in [0.15, 0.2) is 23.0 Å². The molecule has 0 saturated carbocycles. The van der Waals surface area contributed by atoms with E-state index in [9.17, 15) is 24.6 Å². The lowest BCUT2D eigenvalue weighted by Gasteiger charge is -2.58. The predicted molar refractivity (Wildman–Crippen MR) is 218 cm³/mol. The molecule has 0 aliphatic carbocycles. The number of ether oxygens (including phenoxy) is 6. The maximum Gasteiger partial charge on any atom is 0.329 e. The Balaban J connectivity index is 1.13. The molecule has 8 atom stereocenters. The van der Waals surface area contributed by atoms with Gasteiger partial charge in [-0.15, -0.1) is 0 Å². The van der Waals surface area contributed by atoms with Crippen LogP contribution < -0.4 is 24.3 Å². The number of rotatable bonds is 8. The maximum atomic E-state index is 14.7. The van der Waals surface area contributed by atoms with E-state index in [1.165, 1.54) is 13.8 Å². The van der Waals surface area contributed by atoms with Crippen molar-refractivity contribution < 1.29 is 53.0 Å². The average Bonchev–Trinajstić information content (AvgIpc) is 3.95. The second kappa shape index (κ2) is 13.8. The van der Waals surface area contributed by atoms with Gasteiger partial charge in [-0.1, -0.05) is 18.2 Å². The van der Waals surface area contributed by atoms with Gasteiger partial charge in [0.2, 0.25) is 6.79 Å². The zero-order valence-corrected chi connectivity index (χ0v) is 35.3. The number of aryl methyl sites for hydroxylation is 1. The van der Waals surface area contributed by atoms with E-state index in [2.05, 4.69) is 33.1 Å². The van der Waals surface area contributed by atoms with Crippen LogP contribution in [0, 0.1) is 13.8 Å². The van der Waals surface area contributed by atoms with Crippen LogP contribution in [0.15, 0.2) is 30.3 Å². The van der Waals surface area contributed by atoms with Gasteiger partial charge in [0.1, 0.15) is 30.7 Å². The Morgan fingerprint density at radius 3 is 2.52 bits per heavy atom. The highest BCUT2D eigenvalue weighted by molar-refractivity contribution is 7.98. The monoisotopic (exact) mass is 840 g/mol. The largest absolute Gasteiger partial charge is 0.504 e. The number of H-pyrrole nitrogens is 1. The smallest absolute Gasteiger partial charge is 0.329 e. The lowest BCUT2D eigenvalue weighted by atomic mass is 9.75. The van der Waals surface area contributed by atoms with Gasteiger partial charge < -0.3 is 43.6 Å². The third kappa shape index (κ3) is 5.39. The lowest BCUT2D eigenvalue weighted by molar-refractivity contribution is -0.194. The number of phenolic OH excluding ortho intramolecular Hbond substituents is 1. The summed E-state index contributed by atoms with van der Waals surface area (Å²) in [4.78, 5) is 47.3. The van der Waals surface area contributed by atoms with Crippen LogP contribution in [0.4, 0.5) is 0 Å². The normalized spacial score (nSPS) is 29.4.